The van der Waals surface area contributed by atoms with E-state index in [-0.39, 0.29) is 22.3 Å². The fourth-order valence-electron chi connectivity index (χ4n) is 1.74. The smallest absolute Gasteiger partial charge is 0.251 e. The number of aryl methyl sites for hydroxylation is 1. The summed E-state index contributed by atoms with van der Waals surface area (Å²) in [5.41, 5.74) is 1.07. The van der Waals surface area contributed by atoms with Gasteiger partial charge in [-0.3, -0.25) is 4.79 Å². The fourth-order valence-corrected chi connectivity index (χ4v) is 2.28. The summed E-state index contributed by atoms with van der Waals surface area (Å²) in [4.78, 5) is 12.4. The van der Waals surface area contributed by atoms with Crippen LogP contribution in [0.15, 0.2) is 23.1 Å². The van der Waals surface area contributed by atoms with Gasteiger partial charge in [0.1, 0.15) is 0 Å². The van der Waals surface area contributed by atoms with Gasteiger partial charge in [-0.1, -0.05) is 33.8 Å². The Balaban J connectivity index is 3.19. The molecule has 0 saturated carbocycles. The van der Waals surface area contributed by atoms with Gasteiger partial charge < -0.3 is 5.32 Å². The van der Waals surface area contributed by atoms with Crippen molar-refractivity contribution >= 4 is 15.9 Å². The molecule has 0 fully saturated rings. The first kappa shape index (κ1) is 17.7. The van der Waals surface area contributed by atoms with Crippen molar-refractivity contribution in [2.24, 2.45) is 10.6 Å². The molecule has 0 bridgehead atoms. The Labute approximate surface area is 127 Å². The number of amides is 1. The monoisotopic (exact) mass is 312 g/mol. The lowest BCUT2D eigenvalue weighted by Gasteiger charge is -2.28. The van der Waals surface area contributed by atoms with E-state index in [0.717, 1.165) is 5.56 Å². The number of nitrogens with two attached hydrogens (primary N) is 1. The number of hydrogen-bond donors (Lipinski definition) is 2. The molecule has 1 atom stereocenters. The molecule has 1 rings (SSSR count). The largest absolute Gasteiger partial charge is 0.349 e. The van der Waals surface area contributed by atoms with Gasteiger partial charge in [0.2, 0.25) is 10.0 Å². The van der Waals surface area contributed by atoms with Crippen LogP contribution in [0.1, 0.15) is 50.5 Å². The van der Waals surface area contributed by atoms with Gasteiger partial charge in [0.15, 0.2) is 0 Å². The molecule has 5 nitrogen and oxygen atoms in total. The summed E-state index contributed by atoms with van der Waals surface area (Å²) < 4.78 is 22.9. The zero-order valence-corrected chi connectivity index (χ0v) is 14.0. The average molecular weight is 312 g/mol. The highest BCUT2D eigenvalue weighted by Crippen LogP contribution is 2.21. The Morgan fingerprint density at radius 3 is 2.33 bits per heavy atom. The Hall–Kier alpha value is -1.40. The summed E-state index contributed by atoms with van der Waals surface area (Å²) in [5.74, 6) is -0.278. The zero-order chi connectivity index (χ0) is 16.4. The van der Waals surface area contributed by atoms with Crippen LogP contribution in [0.2, 0.25) is 0 Å². The molecule has 1 aromatic carbocycles. The van der Waals surface area contributed by atoms with E-state index in [4.69, 9.17) is 5.14 Å². The molecular weight excluding hydrogens is 288 g/mol. The van der Waals surface area contributed by atoms with Crippen LogP contribution in [0.5, 0.6) is 0 Å². The summed E-state index contributed by atoms with van der Waals surface area (Å²) in [6.07, 6.45) is 0.636. The molecule has 0 saturated heterocycles. The van der Waals surface area contributed by atoms with Crippen LogP contribution < -0.4 is 10.5 Å². The molecule has 1 unspecified atom stereocenters. The average Bonchev–Trinajstić information content (AvgIpc) is 2.35. The van der Waals surface area contributed by atoms with E-state index in [2.05, 4.69) is 5.32 Å². The van der Waals surface area contributed by atoms with E-state index >= 15 is 0 Å². The van der Waals surface area contributed by atoms with E-state index in [1.807, 2.05) is 34.6 Å². The number of carbonyl (C=O) groups is 1. The molecule has 0 heterocycles. The van der Waals surface area contributed by atoms with Crippen LogP contribution in [-0.2, 0) is 16.4 Å². The van der Waals surface area contributed by atoms with Crippen molar-refractivity contribution in [2.45, 2.75) is 52.0 Å². The van der Waals surface area contributed by atoms with E-state index in [9.17, 15) is 13.2 Å². The molecule has 6 heteroatoms. The molecule has 21 heavy (non-hydrogen) atoms. The number of rotatable bonds is 4. The highest BCUT2D eigenvalue weighted by molar-refractivity contribution is 7.89. The highest BCUT2D eigenvalue weighted by Gasteiger charge is 2.23. The van der Waals surface area contributed by atoms with E-state index in [0.29, 0.717) is 12.0 Å². The standard InChI is InChI=1S/C15H24N2O3S/c1-6-11-7-8-12(21(16,19)20)9-13(11)14(18)17-10(2)15(3,4)5/h7-10H,6H2,1-5H3,(H,17,18)(H2,16,19,20). The molecule has 3 N–H and O–H groups in total. The molecule has 118 valence electrons. The third kappa shape index (κ3) is 4.54. The van der Waals surface area contributed by atoms with Crippen molar-refractivity contribution in [3.05, 3.63) is 29.3 Å². The maximum Gasteiger partial charge on any atom is 0.251 e. The third-order valence-corrected chi connectivity index (χ3v) is 4.59. The number of primary sulfonamides is 1. The summed E-state index contributed by atoms with van der Waals surface area (Å²) in [6.45, 7) is 9.92. The minimum Gasteiger partial charge on any atom is -0.349 e. The quantitative estimate of drug-likeness (QED) is 0.891. The summed E-state index contributed by atoms with van der Waals surface area (Å²) >= 11 is 0. The van der Waals surface area contributed by atoms with Crippen molar-refractivity contribution in [3.8, 4) is 0 Å². The predicted octanol–water partition coefficient (Wildman–Crippen LogP) is 2.06. The predicted molar refractivity (Wildman–Crippen MR) is 83.6 cm³/mol. The molecular formula is C15H24N2O3S. The summed E-state index contributed by atoms with van der Waals surface area (Å²) in [6, 6.07) is 4.36. The van der Waals surface area contributed by atoms with Gasteiger partial charge in [-0.25, -0.2) is 13.6 Å². The molecule has 1 aromatic rings. The SMILES string of the molecule is CCc1ccc(S(N)(=O)=O)cc1C(=O)NC(C)C(C)(C)C. The second kappa shape index (κ2) is 6.15. The van der Waals surface area contributed by atoms with Gasteiger partial charge >= 0.3 is 0 Å². The number of hydrogen-bond acceptors (Lipinski definition) is 3. The lowest BCUT2D eigenvalue weighted by atomic mass is 9.88. The molecule has 0 aliphatic carbocycles. The zero-order valence-electron chi connectivity index (χ0n) is 13.2. The molecule has 0 aliphatic heterocycles. The summed E-state index contributed by atoms with van der Waals surface area (Å²) in [5, 5.41) is 8.04. The molecule has 0 radical (unpaired) electrons. The first-order valence-electron chi connectivity index (χ1n) is 6.93. The van der Waals surface area contributed by atoms with Crippen LogP contribution in [0.4, 0.5) is 0 Å². The minimum absolute atomic E-state index is 0.0479. The number of sulfonamides is 1. The third-order valence-electron chi connectivity index (χ3n) is 3.68. The lowest BCUT2D eigenvalue weighted by molar-refractivity contribution is 0.0909. The van der Waals surface area contributed by atoms with Crippen molar-refractivity contribution in [1.82, 2.24) is 5.32 Å². The van der Waals surface area contributed by atoms with Gasteiger partial charge in [0.05, 0.1) is 4.90 Å². The Morgan fingerprint density at radius 1 is 1.33 bits per heavy atom. The van der Waals surface area contributed by atoms with Crippen LogP contribution in [0.3, 0.4) is 0 Å². The molecule has 1 amide bonds. The first-order chi connectivity index (χ1) is 9.46. The van der Waals surface area contributed by atoms with Gasteiger partial charge in [0.25, 0.3) is 5.91 Å². The maximum atomic E-state index is 12.4. The van der Waals surface area contributed by atoms with E-state index < -0.39 is 10.0 Å². The maximum absolute atomic E-state index is 12.4. The Kier molecular flexibility index (Phi) is 5.17. The number of carbonyl (C=O) groups excluding carboxylic acids is 1. The van der Waals surface area contributed by atoms with Crippen molar-refractivity contribution < 1.29 is 13.2 Å². The molecule has 0 aliphatic rings. The van der Waals surface area contributed by atoms with Crippen LogP contribution in [0, 0.1) is 5.41 Å². The normalized spacial score (nSPS) is 13.8. The highest BCUT2D eigenvalue weighted by atomic mass is 32.2. The van der Waals surface area contributed by atoms with Crippen LogP contribution >= 0.6 is 0 Å². The molecule has 0 aromatic heterocycles. The Morgan fingerprint density at radius 2 is 1.90 bits per heavy atom. The fraction of sp³-hybridized carbons (Fsp3) is 0.533. The number of benzene rings is 1. The first-order valence-corrected chi connectivity index (χ1v) is 8.48. The van der Waals surface area contributed by atoms with E-state index in [1.54, 1.807) is 6.07 Å². The minimum atomic E-state index is -3.82. The van der Waals surface area contributed by atoms with Crippen LogP contribution in [-0.4, -0.2) is 20.4 Å². The second-order valence-corrected chi connectivity index (χ2v) is 7.84. The van der Waals surface area contributed by atoms with Gasteiger partial charge in [0, 0.05) is 11.6 Å². The lowest BCUT2D eigenvalue weighted by Crippen LogP contribution is -2.41. The molecule has 0 spiro atoms. The van der Waals surface area contributed by atoms with Gasteiger partial charge in [-0.2, -0.15) is 0 Å². The summed E-state index contributed by atoms with van der Waals surface area (Å²) in [7, 11) is -3.82. The second-order valence-electron chi connectivity index (χ2n) is 6.28. The van der Waals surface area contributed by atoms with Crippen LogP contribution in [0.25, 0.3) is 0 Å². The van der Waals surface area contributed by atoms with Crippen molar-refractivity contribution in [2.75, 3.05) is 0 Å². The van der Waals surface area contributed by atoms with Crippen molar-refractivity contribution in [3.63, 3.8) is 0 Å². The number of nitrogens with one attached hydrogen (secondary N) is 1. The topological polar surface area (TPSA) is 89.3 Å². The van der Waals surface area contributed by atoms with Gasteiger partial charge in [-0.15, -0.1) is 0 Å². The van der Waals surface area contributed by atoms with Crippen molar-refractivity contribution in [1.29, 1.82) is 0 Å². The van der Waals surface area contributed by atoms with E-state index in [1.165, 1.54) is 12.1 Å². The van der Waals surface area contributed by atoms with Gasteiger partial charge in [-0.05, 0) is 36.5 Å². The Bertz CT molecular complexity index is 631.